The van der Waals surface area contributed by atoms with E-state index in [1.165, 1.54) is 0 Å². The summed E-state index contributed by atoms with van der Waals surface area (Å²) < 4.78 is 10.7. The lowest BCUT2D eigenvalue weighted by Gasteiger charge is -2.22. The van der Waals surface area contributed by atoms with Gasteiger partial charge in [-0.1, -0.05) is 12.7 Å². The minimum Gasteiger partial charge on any atom is -0.376 e. The molecule has 1 aliphatic rings. The SMILES string of the molecule is [CH]=CCCCC1COCCO1. The molecule has 1 atom stereocenters. The van der Waals surface area contributed by atoms with Crippen LogP contribution in [0.4, 0.5) is 0 Å². The Morgan fingerprint density at radius 2 is 2.36 bits per heavy atom. The van der Waals surface area contributed by atoms with Crippen LogP contribution in [-0.4, -0.2) is 25.9 Å². The predicted octanol–water partition coefficient (Wildman–Crippen LogP) is 1.56. The van der Waals surface area contributed by atoms with Gasteiger partial charge in [-0.2, -0.15) is 0 Å². The first-order valence-corrected chi connectivity index (χ1v) is 4.16. The molecule has 1 rings (SSSR count). The highest BCUT2D eigenvalue weighted by Crippen LogP contribution is 2.08. The number of hydrogen-bond donors (Lipinski definition) is 0. The van der Waals surface area contributed by atoms with E-state index in [0.717, 1.165) is 39.1 Å². The van der Waals surface area contributed by atoms with Crippen LogP contribution in [0.25, 0.3) is 0 Å². The van der Waals surface area contributed by atoms with E-state index in [-0.39, 0.29) is 0 Å². The number of rotatable bonds is 4. The lowest BCUT2D eigenvalue weighted by Crippen LogP contribution is -2.28. The van der Waals surface area contributed by atoms with Gasteiger partial charge < -0.3 is 9.47 Å². The lowest BCUT2D eigenvalue weighted by atomic mass is 10.1. The molecule has 0 spiro atoms. The Bertz CT molecular complexity index is 106. The van der Waals surface area contributed by atoms with Crippen molar-refractivity contribution in [1.82, 2.24) is 0 Å². The highest BCUT2D eigenvalue weighted by Gasteiger charge is 2.12. The van der Waals surface area contributed by atoms with Crippen LogP contribution in [0.15, 0.2) is 6.08 Å². The number of allylic oxidation sites excluding steroid dienone is 1. The van der Waals surface area contributed by atoms with Crippen molar-refractivity contribution in [2.24, 2.45) is 0 Å². The molecule has 1 radical (unpaired) electrons. The van der Waals surface area contributed by atoms with Gasteiger partial charge in [0.25, 0.3) is 0 Å². The quantitative estimate of drug-likeness (QED) is 0.574. The molecule has 1 fully saturated rings. The molecule has 1 aliphatic heterocycles. The van der Waals surface area contributed by atoms with Gasteiger partial charge in [0, 0.05) is 0 Å². The standard InChI is InChI=1S/C9H15O2/c1-2-3-4-5-9-8-10-6-7-11-9/h1-2,9H,3-8H2. The van der Waals surface area contributed by atoms with Gasteiger partial charge in [0.1, 0.15) is 0 Å². The second kappa shape index (κ2) is 5.33. The van der Waals surface area contributed by atoms with Crippen LogP contribution in [0.1, 0.15) is 19.3 Å². The summed E-state index contributed by atoms with van der Waals surface area (Å²) in [4.78, 5) is 0. The maximum Gasteiger partial charge on any atom is 0.0809 e. The van der Waals surface area contributed by atoms with Gasteiger partial charge in [0.2, 0.25) is 0 Å². The van der Waals surface area contributed by atoms with Gasteiger partial charge in [-0.25, -0.2) is 0 Å². The Morgan fingerprint density at radius 3 is 3.00 bits per heavy atom. The van der Waals surface area contributed by atoms with Gasteiger partial charge in [-0.15, -0.1) is 0 Å². The highest BCUT2D eigenvalue weighted by atomic mass is 16.6. The van der Waals surface area contributed by atoms with E-state index in [4.69, 9.17) is 16.1 Å². The van der Waals surface area contributed by atoms with Gasteiger partial charge in [0.05, 0.1) is 25.9 Å². The zero-order valence-electron chi connectivity index (χ0n) is 6.79. The molecule has 2 heteroatoms. The highest BCUT2D eigenvalue weighted by molar-refractivity contribution is 4.66. The van der Waals surface area contributed by atoms with E-state index >= 15 is 0 Å². The third-order valence-corrected chi connectivity index (χ3v) is 1.78. The van der Waals surface area contributed by atoms with Crippen LogP contribution in [0.3, 0.4) is 0 Å². The molecular weight excluding hydrogens is 140 g/mol. The Hall–Kier alpha value is -0.340. The fourth-order valence-electron chi connectivity index (χ4n) is 1.17. The summed E-state index contributed by atoms with van der Waals surface area (Å²) in [6.45, 7) is 7.50. The number of unbranched alkanes of at least 4 members (excludes halogenated alkanes) is 1. The second-order valence-electron chi connectivity index (χ2n) is 2.73. The topological polar surface area (TPSA) is 18.5 Å². The lowest BCUT2D eigenvalue weighted by molar-refractivity contribution is -0.0909. The molecule has 0 aromatic heterocycles. The zero-order valence-corrected chi connectivity index (χ0v) is 6.79. The Labute approximate surface area is 68.2 Å². The normalized spacial score (nSPS) is 24.9. The van der Waals surface area contributed by atoms with Crippen LogP contribution in [0, 0.1) is 6.58 Å². The molecule has 1 heterocycles. The van der Waals surface area contributed by atoms with Crippen molar-refractivity contribution in [2.45, 2.75) is 25.4 Å². The van der Waals surface area contributed by atoms with Crippen LogP contribution in [0.5, 0.6) is 0 Å². The van der Waals surface area contributed by atoms with Crippen molar-refractivity contribution in [3.05, 3.63) is 12.7 Å². The van der Waals surface area contributed by atoms with Crippen LogP contribution in [-0.2, 0) is 9.47 Å². The summed E-state index contributed by atoms with van der Waals surface area (Å²) in [5, 5.41) is 0. The third-order valence-electron chi connectivity index (χ3n) is 1.78. The van der Waals surface area contributed by atoms with E-state index in [0.29, 0.717) is 6.10 Å². The van der Waals surface area contributed by atoms with E-state index < -0.39 is 0 Å². The summed E-state index contributed by atoms with van der Waals surface area (Å²) in [5.41, 5.74) is 0. The first kappa shape index (κ1) is 8.75. The summed E-state index contributed by atoms with van der Waals surface area (Å²) >= 11 is 0. The van der Waals surface area contributed by atoms with E-state index in [2.05, 4.69) is 0 Å². The predicted molar refractivity (Wildman–Crippen MR) is 43.3 cm³/mol. The molecular formula is C9H15O2. The van der Waals surface area contributed by atoms with E-state index in [1.807, 2.05) is 0 Å². The van der Waals surface area contributed by atoms with Crippen molar-refractivity contribution >= 4 is 0 Å². The smallest absolute Gasteiger partial charge is 0.0809 e. The van der Waals surface area contributed by atoms with Gasteiger partial charge in [-0.3, -0.25) is 0 Å². The second-order valence-corrected chi connectivity index (χ2v) is 2.73. The molecule has 0 N–H and O–H groups in total. The number of hydrogen-bond acceptors (Lipinski definition) is 2. The molecule has 0 bridgehead atoms. The molecule has 0 aromatic carbocycles. The van der Waals surface area contributed by atoms with Crippen molar-refractivity contribution in [3.63, 3.8) is 0 Å². The molecule has 11 heavy (non-hydrogen) atoms. The van der Waals surface area contributed by atoms with Crippen LogP contribution < -0.4 is 0 Å². The Morgan fingerprint density at radius 1 is 1.45 bits per heavy atom. The molecule has 0 saturated carbocycles. The molecule has 63 valence electrons. The third kappa shape index (κ3) is 3.54. The van der Waals surface area contributed by atoms with E-state index in [9.17, 15) is 0 Å². The number of ether oxygens (including phenoxy) is 2. The molecule has 0 amide bonds. The van der Waals surface area contributed by atoms with Crippen molar-refractivity contribution in [2.75, 3.05) is 19.8 Å². The minimum atomic E-state index is 0.309. The zero-order chi connectivity index (χ0) is 7.94. The molecule has 1 unspecified atom stereocenters. The largest absolute Gasteiger partial charge is 0.376 e. The van der Waals surface area contributed by atoms with Crippen molar-refractivity contribution in [1.29, 1.82) is 0 Å². The Balaban J connectivity index is 2.00. The first-order chi connectivity index (χ1) is 5.43. The summed E-state index contributed by atoms with van der Waals surface area (Å²) in [5.74, 6) is 0. The molecule has 0 aromatic rings. The summed E-state index contributed by atoms with van der Waals surface area (Å²) in [6.07, 6.45) is 5.14. The van der Waals surface area contributed by atoms with Gasteiger partial charge in [0.15, 0.2) is 0 Å². The minimum absolute atomic E-state index is 0.309. The van der Waals surface area contributed by atoms with Crippen molar-refractivity contribution in [3.8, 4) is 0 Å². The first-order valence-electron chi connectivity index (χ1n) is 4.16. The van der Waals surface area contributed by atoms with Crippen LogP contribution in [0.2, 0.25) is 0 Å². The average Bonchev–Trinajstić information content (AvgIpc) is 2.07. The maximum atomic E-state index is 5.44. The molecule has 0 aliphatic carbocycles. The monoisotopic (exact) mass is 155 g/mol. The van der Waals surface area contributed by atoms with Crippen molar-refractivity contribution < 1.29 is 9.47 Å². The fourth-order valence-corrected chi connectivity index (χ4v) is 1.17. The Kier molecular flexibility index (Phi) is 4.24. The van der Waals surface area contributed by atoms with Gasteiger partial charge >= 0.3 is 0 Å². The molecule has 1 saturated heterocycles. The average molecular weight is 155 g/mol. The maximum absolute atomic E-state index is 5.44. The summed E-state index contributed by atoms with van der Waals surface area (Å²) in [6, 6.07) is 0. The van der Waals surface area contributed by atoms with Gasteiger partial charge in [-0.05, 0) is 19.3 Å². The fraction of sp³-hybridized carbons (Fsp3) is 0.778. The van der Waals surface area contributed by atoms with Crippen LogP contribution >= 0.6 is 0 Å². The molecule has 2 nitrogen and oxygen atoms in total. The summed E-state index contributed by atoms with van der Waals surface area (Å²) in [7, 11) is 0. The van der Waals surface area contributed by atoms with E-state index in [1.54, 1.807) is 6.08 Å².